The van der Waals surface area contributed by atoms with Crippen LogP contribution in [0.15, 0.2) is 0 Å². The zero-order valence-corrected chi connectivity index (χ0v) is 8.71. The van der Waals surface area contributed by atoms with E-state index >= 15 is 0 Å². The Balaban J connectivity index is 1.93. The van der Waals surface area contributed by atoms with Crippen molar-refractivity contribution in [3.8, 4) is 0 Å². The van der Waals surface area contributed by atoms with E-state index in [1.807, 2.05) is 6.92 Å². The second-order valence-corrected chi connectivity index (χ2v) is 3.48. The van der Waals surface area contributed by atoms with E-state index in [0.717, 1.165) is 39.2 Å². The van der Waals surface area contributed by atoms with Crippen LogP contribution in [0.1, 0.15) is 26.7 Å². The first kappa shape index (κ1) is 11.0. The molecule has 0 aliphatic carbocycles. The Morgan fingerprint density at radius 1 is 1.54 bits per heavy atom. The standard InChI is InChI=1S/C10H21NO2/c1-3-12-7-4-6-11-10-5-8-13-9(10)2/h9-11H,3-8H2,1-2H3. The molecule has 0 saturated carbocycles. The van der Waals surface area contributed by atoms with E-state index in [4.69, 9.17) is 9.47 Å². The largest absolute Gasteiger partial charge is 0.382 e. The lowest BCUT2D eigenvalue weighted by molar-refractivity contribution is 0.111. The van der Waals surface area contributed by atoms with E-state index in [1.54, 1.807) is 0 Å². The first-order chi connectivity index (χ1) is 6.34. The summed E-state index contributed by atoms with van der Waals surface area (Å²) in [5.41, 5.74) is 0. The summed E-state index contributed by atoms with van der Waals surface area (Å²) in [5.74, 6) is 0. The summed E-state index contributed by atoms with van der Waals surface area (Å²) in [6, 6.07) is 0.557. The highest BCUT2D eigenvalue weighted by Gasteiger charge is 2.22. The minimum absolute atomic E-state index is 0.382. The number of hydrogen-bond acceptors (Lipinski definition) is 3. The summed E-state index contributed by atoms with van der Waals surface area (Å²) >= 11 is 0. The minimum Gasteiger partial charge on any atom is -0.382 e. The van der Waals surface area contributed by atoms with Crippen molar-refractivity contribution < 1.29 is 9.47 Å². The van der Waals surface area contributed by atoms with Gasteiger partial charge in [0.05, 0.1) is 6.10 Å². The predicted octanol–water partition coefficient (Wildman–Crippen LogP) is 1.18. The maximum atomic E-state index is 5.45. The fraction of sp³-hybridized carbons (Fsp3) is 1.00. The maximum Gasteiger partial charge on any atom is 0.0700 e. The van der Waals surface area contributed by atoms with Crippen LogP contribution in [0.25, 0.3) is 0 Å². The second-order valence-electron chi connectivity index (χ2n) is 3.48. The smallest absolute Gasteiger partial charge is 0.0700 e. The molecule has 1 saturated heterocycles. The van der Waals surface area contributed by atoms with Crippen molar-refractivity contribution in [2.24, 2.45) is 0 Å². The van der Waals surface area contributed by atoms with Crippen molar-refractivity contribution in [2.45, 2.75) is 38.8 Å². The van der Waals surface area contributed by atoms with E-state index < -0.39 is 0 Å². The lowest BCUT2D eigenvalue weighted by atomic mass is 10.1. The Hall–Kier alpha value is -0.120. The topological polar surface area (TPSA) is 30.5 Å². The Bertz CT molecular complexity index is 130. The van der Waals surface area contributed by atoms with Crippen molar-refractivity contribution in [3.05, 3.63) is 0 Å². The number of hydrogen-bond donors (Lipinski definition) is 1. The predicted molar refractivity (Wildman–Crippen MR) is 52.9 cm³/mol. The first-order valence-corrected chi connectivity index (χ1v) is 5.27. The Morgan fingerprint density at radius 2 is 2.38 bits per heavy atom. The fourth-order valence-electron chi connectivity index (χ4n) is 1.61. The number of rotatable bonds is 6. The van der Waals surface area contributed by atoms with Gasteiger partial charge < -0.3 is 14.8 Å². The molecule has 1 heterocycles. The van der Waals surface area contributed by atoms with Crippen LogP contribution < -0.4 is 5.32 Å². The molecular formula is C10H21NO2. The zero-order valence-electron chi connectivity index (χ0n) is 8.71. The average molecular weight is 187 g/mol. The van der Waals surface area contributed by atoms with Crippen molar-refractivity contribution in [3.63, 3.8) is 0 Å². The van der Waals surface area contributed by atoms with Crippen molar-refractivity contribution in [1.29, 1.82) is 0 Å². The monoisotopic (exact) mass is 187 g/mol. The van der Waals surface area contributed by atoms with Crippen LogP contribution in [0.5, 0.6) is 0 Å². The summed E-state index contributed by atoms with van der Waals surface area (Å²) in [7, 11) is 0. The molecule has 2 atom stereocenters. The number of ether oxygens (including phenoxy) is 2. The van der Waals surface area contributed by atoms with E-state index in [-0.39, 0.29) is 0 Å². The minimum atomic E-state index is 0.382. The highest BCUT2D eigenvalue weighted by Crippen LogP contribution is 2.11. The van der Waals surface area contributed by atoms with Gasteiger partial charge in [0, 0.05) is 25.9 Å². The molecule has 0 bridgehead atoms. The SMILES string of the molecule is CCOCCCNC1CCOC1C. The molecule has 3 nitrogen and oxygen atoms in total. The molecule has 0 aromatic carbocycles. The van der Waals surface area contributed by atoms with E-state index in [9.17, 15) is 0 Å². The molecule has 2 unspecified atom stereocenters. The summed E-state index contributed by atoms with van der Waals surface area (Å²) in [5, 5.41) is 3.49. The van der Waals surface area contributed by atoms with Gasteiger partial charge in [-0.15, -0.1) is 0 Å². The normalized spacial score (nSPS) is 28.2. The van der Waals surface area contributed by atoms with Crippen LogP contribution >= 0.6 is 0 Å². The molecule has 1 aliphatic rings. The molecule has 1 rings (SSSR count). The Kier molecular flexibility index (Phi) is 5.35. The van der Waals surface area contributed by atoms with Crippen LogP contribution in [0.3, 0.4) is 0 Å². The van der Waals surface area contributed by atoms with E-state index in [0.29, 0.717) is 12.1 Å². The quantitative estimate of drug-likeness (QED) is 0.633. The van der Waals surface area contributed by atoms with Crippen molar-refractivity contribution >= 4 is 0 Å². The Morgan fingerprint density at radius 3 is 3.00 bits per heavy atom. The third-order valence-electron chi connectivity index (χ3n) is 2.45. The van der Waals surface area contributed by atoms with Gasteiger partial charge in [-0.3, -0.25) is 0 Å². The maximum absolute atomic E-state index is 5.45. The third kappa shape index (κ3) is 4.07. The van der Waals surface area contributed by atoms with E-state index in [2.05, 4.69) is 12.2 Å². The van der Waals surface area contributed by atoms with Crippen LogP contribution in [0.2, 0.25) is 0 Å². The van der Waals surface area contributed by atoms with Crippen LogP contribution in [0.4, 0.5) is 0 Å². The van der Waals surface area contributed by atoms with Gasteiger partial charge in [-0.2, -0.15) is 0 Å². The molecule has 1 fully saturated rings. The molecule has 0 amide bonds. The molecule has 0 spiro atoms. The van der Waals surface area contributed by atoms with Gasteiger partial charge in [0.15, 0.2) is 0 Å². The zero-order chi connectivity index (χ0) is 9.52. The van der Waals surface area contributed by atoms with Crippen molar-refractivity contribution in [1.82, 2.24) is 5.32 Å². The van der Waals surface area contributed by atoms with Gasteiger partial charge >= 0.3 is 0 Å². The molecular weight excluding hydrogens is 166 g/mol. The summed E-state index contributed by atoms with van der Waals surface area (Å²) in [6.07, 6.45) is 2.62. The molecule has 13 heavy (non-hydrogen) atoms. The number of nitrogens with one attached hydrogen (secondary N) is 1. The van der Waals surface area contributed by atoms with Gasteiger partial charge in [0.25, 0.3) is 0 Å². The molecule has 78 valence electrons. The molecule has 0 aromatic heterocycles. The first-order valence-electron chi connectivity index (χ1n) is 5.27. The molecule has 1 N–H and O–H groups in total. The Labute approximate surface area is 80.8 Å². The van der Waals surface area contributed by atoms with Gasteiger partial charge in [0.1, 0.15) is 0 Å². The summed E-state index contributed by atoms with van der Waals surface area (Å²) in [4.78, 5) is 0. The molecule has 3 heteroatoms. The van der Waals surface area contributed by atoms with Gasteiger partial charge in [-0.05, 0) is 33.2 Å². The lowest BCUT2D eigenvalue weighted by Crippen LogP contribution is -2.35. The molecule has 0 radical (unpaired) electrons. The van der Waals surface area contributed by atoms with Crippen LogP contribution in [-0.4, -0.2) is 38.5 Å². The van der Waals surface area contributed by atoms with Gasteiger partial charge in [-0.1, -0.05) is 0 Å². The fourth-order valence-corrected chi connectivity index (χ4v) is 1.61. The van der Waals surface area contributed by atoms with Gasteiger partial charge in [0.2, 0.25) is 0 Å². The van der Waals surface area contributed by atoms with Gasteiger partial charge in [-0.25, -0.2) is 0 Å². The lowest BCUT2D eigenvalue weighted by Gasteiger charge is -2.15. The summed E-state index contributed by atoms with van der Waals surface area (Å²) < 4.78 is 10.7. The highest BCUT2D eigenvalue weighted by molar-refractivity contribution is 4.78. The van der Waals surface area contributed by atoms with Crippen molar-refractivity contribution in [2.75, 3.05) is 26.4 Å². The second kappa shape index (κ2) is 6.35. The molecule has 0 aromatic rings. The van der Waals surface area contributed by atoms with Crippen LogP contribution in [0, 0.1) is 0 Å². The molecule has 1 aliphatic heterocycles. The van der Waals surface area contributed by atoms with Crippen LogP contribution in [-0.2, 0) is 9.47 Å². The highest BCUT2D eigenvalue weighted by atomic mass is 16.5. The summed E-state index contributed by atoms with van der Waals surface area (Å²) in [6.45, 7) is 7.80. The average Bonchev–Trinajstić information content (AvgIpc) is 2.52. The third-order valence-corrected chi connectivity index (χ3v) is 2.45. The van der Waals surface area contributed by atoms with E-state index in [1.165, 1.54) is 0 Å².